The van der Waals surface area contributed by atoms with Crippen LogP contribution < -0.4 is 0 Å². The van der Waals surface area contributed by atoms with Crippen LogP contribution in [0.2, 0.25) is 0 Å². The van der Waals surface area contributed by atoms with Crippen molar-refractivity contribution >= 4 is 17.4 Å². The highest BCUT2D eigenvalue weighted by molar-refractivity contribution is 7.10. The first-order chi connectivity index (χ1) is 4.83. The van der Waals surface area contributed by atoms with Gasteiger partial charge in [0.15, 0.2) is 0 Å². The van der Waals surface area contributed by atoms with Crippen LogP contribution in [0.5, 0.6) is 0 Å². The summed E-state index contributed by atoms with van der Waals surface area (Å²) in [5.74, 6) is 0. The Hall–Kier alpha value is -0.600. The van der Waals surface area contributed by atoms with Crippen LogP contribution in [-0.4, -0.2) is 11.7 Å². The fraction of sp³-hybridized carbons (Fsp3) is 0.250. The van der Waals surface area contributed by atoms with Gasteiger partial charge in [0, 0.05) is 4.88 Å². The minimum atomic E-state index is 0.120. The predicted molar refractivity (Wildman–Crippen MR) is 45.2 cm³/mol. The molecule has 0 aliphatic heterocycles. The number of hydrogen-bond donors (Lipinski definition) is 1. The molecule has 0 amide bonds. The molecule has 1 N–H and O–H groups in total. The molecule has 1 aromatic rings. The van der Waals surface area contributed by atoms with Crippen molar-refractivity contribution in [2.24, 2.45) is 0 Å². The molecular formula is C8H10OS. The van der Waals surface area contributed by atoms with E-state index in [1.807, 2.05) is 6.08 Å². The number of hydrogen-bond acceptors (Lipinski definition) is 2. The van der Waals surface area contributed by atoms with Crippen LogP contribution in [0.1, 0.15) is 10.4 Å². The van der Waals surface area contributed by atoms with Crippen molar-refractivity contribution < 1.29 is 5.11 Å². The van der Waals surface area contributed by atoms with E-state index in [9.17, 15) is 0 Å². The molecule has 1 aromatic heterocycles. The second kappa shape index (κ2) is 3.54. The summed E-state index contributed by atoms with van der Waals surface area (Å²) in [6, 6.07) is 2.09. The highest BCUT2D eigenvalue weighted by Crippen LogP contribution is 2.13. The summed E-state index contributed by atoms with van der Waals surface area (Å²) in [5.41, 5.74) is 1.18. The minimum absolute atomic E-state index is 0.120. The highest BCUT2D eigenvalue weighted by atomic mass is 32.1. The molecule has 1 rings (SSSR count). The van der Waals surface area contributed by atoms with E-state index in [0.717, 1.165) is 0 Å². The molecule has 10 heavy (non-hydrogen) atoms. The van der Waals surface area contributed by atoms with Crippen molar-refractivity contribution in [2.45, 2.75) is 6.92 Å². The van der Waals surface area contributed by atoms with Gasteiger partial charge < -0.3 is 5.11 Å². The molecule has 0 spiro atoms. The lowest BCUT2D eigenvalue weighted by Crippen LogP contribution is -1.69. The molecular weight excluding hydrogens is 144 g/mol. The predicted octanol–water partition coefficient (Wildman–Crippen LogP) is 2.06. The number of aliphatic hydroxyl groups is 1. The van der Waals surface area contributed by atoms with Gasteiger partial charge in [-0.15, -0.1) is 11.3 Å². The summed E-state index contributed by atoms with van der Waals surface area (Å²) < 4.78 is 0. The SMILES string of the molecule is Cc1cc(C=CCO)cs1. The Morgan fingerprint density at radius 2 is 2.50 bits per heavy atom. The summed E-state index contributed by atoms with van der Waals surface area (Å²) >= 11 is 1.72. The number of thiophene rings is 1. The zero-order chi connectivity index (χ0) is 7.40. The zero-order valence-electron chi connectivity index (χ0n) is 5.87. The summed E-state index contributed by atoms with van der Waals surface area (Å²) in [6.07, 6.45) is 3.66. The molecule has 0 aromatic carbocycles. The zero-order valence-corrected chi connectivity index (χ0v) is 6.69. The molecule has 54 valence electrons. The van der Waals surface area contributed by atoms with Crippen molar-refractivity contribution in [1.29, 1.82) is 0 Å². The Kier molecular flexibility index (Phi) is 2.66. The van der Waals surface area contributed by atoms with Gasteiger partial charge in [0.2, 0.25) is 0 Å². The monoisotopic (exact) mass is 154 g/mol. The van der Waals surface area contributed by atoms with Gasteiger partial charge in [0.1, 0.15) is 0 Å². The average Bonchev–Trinajstić information content (AvgIpc) is 2.31. The van der Waals surface area contributed by atoms with E-state index in [1.54, 1.807) is 17.4 Å². The Morgan fingerprint density at radius 3 is 3.00 bits per heavy atom. The molecule has 0 atom stereocenters. The molecule has 1 heterocycles. The molecule has 0 aliphatic carbocycles. The van der Waals surface area contributed by atoms with E-state index in [1.165, 1.54) is 10.4 Å². The van der Waals surface area contributed by atoms with Crippen LogP contribution in [0.25, 0.3) is 6.08 Å². The lowest BCUT2D eigenvalue weighted by Gasteiger charge is -1.80. The second-order valence-electron chi connectivity index (χ2n) is 2.08. The lowest BCUT2D eigenvalue weighted by molar-refractivity contribution is 0.343. The van der Waals surface area contributed by atoms with Crippen molar-refractivity contribution in [3.05, 3.63) is 28.0 Å². The van der Waals surface area contributed by atoms with E-state index in [-0.39, 0.29) is 6.61 Å². The topological polar surface area (TPSA) is 20.2 Å². The van der Waals surface area contributed by atoms with Crippen molar-refractivity contribution in [3.63, 3.8) is 0 Å². The molecule has 0 bridgehead atoms. The average molecular weight is 154 g/mol. The molecule has 0 saturated heterocycles. The van der Waals surface area contributed by atoms with Crippen molar-refractivity contribution in [1.82, 2.24) is 0 Å². The smallest absolute Gasteiger partial charge is 0.0615 e. The van der Waals surface area contributed by atoms with Crippen LogP contribution in [0.4, 0.5) is 0 Å². The Labute approximate surface area is 64.6 Å². The van der Waals surface area contributed by atoms with E-state index < -0.39 is 0 Å². The van der Waals surface area contributed by atoms with E-state index in [2.05, 4.69) is 18.4 Å². The van der Waals surface area contributed by atoms with Gasteiger partial charge in [-0.05, 0) is 23.9 Å². The first-order valence-electron chi connectivity index (χ1n) is 3.15. The van der Waals surface area contributed by atoms with Gasteiger partial charge in [-0.3, -0.25) is 0 Å². The summed E-state index contributed by atoms with van der Waals surface area (Å²) in [4.78, 5) is 1.30. The fourth-order valence-corrected chi connectivity index (χ4v) is 1.41. The van der Waals surface area contributed by atoms with Crippen LogP contribution in [-0.2, 0) is 0 Å². The molecule has 1 nitrogen and oxygen atoms in total. The third-order valence-corrected chi connectivity index (χ3v) is 2.05. The Morgan fingerprint density at radius 1 is 1.70 bits per heavy atom. The highest BCUT2D eigenvalue weighted by Gasteiger charge is 1.88. The van der Waals surface area contributed by atoms with Crippen LogP contribution in [0, 0.1) is 6.92 Å². The van der Waals surface area contributed by atoms with Gasteiger partial charge in [-0.1, -0.05) is 12.2 Å². The maximum absolute atomic E-state index is 8.45. The lowest BCUT2D eigenvalue weighted by atomic mass is 10.3. The number of rotatable bonds is 2. The molecule has 2 heteroatoms. The third-order valence-electron chi connectivity index (χ3n) is 1.17. The standard InChI is InChI=1S/C8H10OS/c1-7-5-8(6-10-7)3-2-4-9/h2-3,5-6,9H,4H2,1H3. The number of aryl methyl sites for hydroxylation is 1. The first kappa shape index (κ1) is 7.51. The van der Waals surface area contributed by atoms with Crippen LogP contribution in [0.15, 0.2) is 17.5 Å². The van der Waals surface area contributed by atoms with E-state index in [0.29, 0.717) is 0 Å². The van der Waals surface area contributed by atoms with Gasteiger partial charge in [0.25, 0.3) is 0 Å². The summed E-state index contributed by atoms with van der Waals surface area (Å²) in [5, 5.41) is 10.5. The van der Waals surface area contributed by atoms with Crippen LogP contribution >= 0.6 is 11.3 Å². The van der Waals surface area contributed by atoms with Crippen molar-refractivity contribution in [2.75, 3.05) is 6.61 Å². The normalized spacial score (nSPS) is 11.0. The Balaban J connectivity index is 2.67. The maximum atomic E-state index is 8.45. The molecule has 0 aliphatic rings. The maximum Gasteiger partial charge on any atom is 0.0615 e. The summed E-state index contributed by atoms with van der Waals surface area (Å²) in [7, 11) is 0. The summed E-state index contributed by atoms with van der Waals surface area (Å²) in [6.45, 7) is 2.19. The number of aliphatic hydroxyl groups excluding tert-OH is 1. The third kappa shape index (κ3) is 1.97. The van der Waals surface area contributed by atoms with Crippen molar-refractivity contribution in [3.8, 4) is 0 Å². The van der Waals surface area contributed by atoms with Gasteiger partial charge >= 0.3 is 0 Å². The second-order valence-corrected chi connectivity index (χ2v) is 3.19. The van der Waals surface area contributed by atoms with E-state index >= 15 is 0 Å². The van der Waals surface area contributed by atoms with E-state index in [4.69, 9.17) is 5.11 Å². The molecule has 0 unspecified atom stereocenters. The van der Waals surface area contributed by atoms with Gasteiger partial charge in [-0.25, -0.2) is 0 Å². The molecule has 0 saturated carbocycles. The fourth-order valence-electron chi connectivity index (χ4n) is 0.740. The van der Waals surface area contributed by atoms with Crippen LogP contribution in [0.3, 0.4) is 0 Å². The largest absolute Gasteiger partial charge is 0.392 e. The Bertz CT molecular complexity index is 225. The quantitative estimate of drug-likeness (QED) is 0.691. The van der Waals surface area contributed by atoms with Gasteiger partial charge in [0.05, 0.1) is 6.61 Å². The molecule has 0 fully saturated rings. The first-order valence-corrected chi connectivity index (χ1v) is 4.03. The molecule has 0 radical (unpaired) electrons. The van der Waals surface area contributed by atoms with Gasteiger partial charge in [-0.2, -0.15) is 0 Å². The minimum Gasteiger partial charge on any atom is -0.392 e.